The Hall–Kier alpha value is -1.43. The molecular weight excluding hydrogens is 278 g/mol. The van der Waals surface area contributed by atoms with Gasteiger partial charge in [0.25, 0.3) is 5.89 Å². The van der Waals surface area contributed by atoms with Crippen LogP contribution in [0.1, 0.15) is 31.3 Å². The van der Waals surface area contributed by atoms with Crippen molar-refractivity contribution in [2.45, 2.75) is 32.9 Å². The summed E-state index contributed by atoms with van der Waals surface area (Å²) in [4.78, 5) is 4.30. The fraction of sp³-hybridized carbons (Fsp3) is 0.429. The summed E-state index contributed by atoms with van der Waals surface area (Å²) in [5.41, 5.74) is 7.77. The van der Waals surface area contributed by atoms with Crippen molar-refractivity contribution >= 4 is 11.6 Å². The van der Waals surface area contributed by atoms with Crippen LogP contribution in [0.3, 0.4) is 0 Å². The summed E-state index contributed by atoms with van der Waals surface area (Å²) in [6.45, 7) is 6.20. The highest BCUT2D eigenvalue weighted by Gasteiger charge is 2.16. The molecular formula is C14H18ClN3O2. The summed E-state index contributed by atoms with van der Waals surface area (Å²) in [5.74, 6) is 0.837. The zero-order valence-electron chi connectivity index (χ0n) is 11.8. The highest BCUT2D eigenvalue weighted by atomic mass is 35.5. The van der Waals surface area contributed by atoms with Crippen molar-refractivity contribution in [1.29, 1.82) is 0 Å². The normalized spacial score (nSPS) is 12.9. The Morgan fingerprint density at radius 1 is 1.35 bits per heavy atom. The number of hydrogen-bond acceptors (Lipinski definition) is 5. The van der Waals surface area contributed by atoms with Gasteiger partial charge in [-0.15, -0.1) is 0 Å². The number of benzene rings is 1. The lowest BCUT2D eigenvalue weighted by atomic mass is 10.1. The smallest absolute Gasteiger partial charge is 0.258 e. The molecule has 1 atom stereocenters. The first-order valence-corrected chi connectivity index (χ1v) is 6.82. The molecule has 0 spiro atoms. The molecule has 0 bridgehead atoms. The molecule has 2 N–H and O–H groups in total. The average Bonchev–Trinajstić information content (AvgIpc) is 2.84. The van der Waals surface area contributed by atoms with Crippen molar-refractivity contribution in [2.75, 3.05) is 6.61 Å². The molecule has 1 heterocycles. The molecule has 0 saturated heterocycles. The third-order valence-corrected chi connectivity index (χ3v) is 2.89. The highest BCUT2D eigenvalue weighted by Crippen LogP contribution is 2.24. The van der Waals surface area contributed by atoms with E-state index in [0.717, 1.165) is 11.1 Å². The predicted molar refractivity (Wildman–Crippen MR) is 77.5 cm³/mol. The topological polar surface area (TPSA) is 74.2 Å². The number of halogens is 1. The van der Waals surface area contributed by atoms with Crippen molar-refractivity contribution in [3.05, 3.63) is 34.6 Å². The second kappa shape index (κ2) is 6.35. The second-order valence-electron chi connectivity index (χ2n) is 4.96. The van der Waals surface area contributed by atoms with E-state index in [0.29, 0.717) is 23.3 Å². The maximum absolute atomic E-state index is 6.02. The molecule has 0 aliphatic carbocycles. The van der Waals surface area contributed by atoms with E-state index in [9.17, 15) is 0 Å². The first kappa shape index (κ1) is 15.0. The fourth-order valence-electron chi connectivity index (χ4n) is 1.73. The van der Waals surface area contributed by atoms with E-state index in [2.05, 4.69) is 10.1 Å². The molecule has 1 unspecified atom stereocenters. The van der Waals surface area contributed by atoms with Gasteiger partial charge in [0.15, 0.2) is 5.82 Å². The Morgan fingerprint density at radius 3 is 2.75 bits per heavy atom. The van der Waals surface area contributed by atoms with Gasteiger partial charge in [-0.1, -0.05) is 16.8 Å². The molecule has 0 amide bonds. The van der Waals surface area contributed by atoms with Crippen molar-refractivity contribution < 1.29 is 9.26 Å². The van der Waals surface area contributed by atoms with E-state index in [1.54, 1.807) is 6.07 Å². The minimum absolute atomic E-state index is 0.114. The first-order valence-electron chi connectivity index (χ1n) is 6.44. The molecule has 108 valence electrons. The largest absolute Gasteiger partial charge is 0.377 e. The Bertz CT molecular complexity index is 563. The van der Waals surface area contributed by atoms with Crippen LogP contribution >= 0.6 is 11.6 Å². The summed E-state index contributed by atoms with van der Waals surface area (Å²) in [5, 5.41) is 4.53. The SMILES string of the molecule is Cc1cc(Cl)cc(-c2nc(C(N)COC(C)C)no2)c1. The number of nitrogens with two attached hydrogens (primary N) is 1. The van der Waals surface area contributed by atoms with Crippen LogP contribution in [0, 0.1) is 6.92 Å². The van der Waals surface area contributed by atoms with Crippen molar-refractivity contribution in [1.82, 2.24) is 10.1 Å². The summed E-state index contributed by atoms with van der Waals surface area (Å²) in [6, 6.07) is 5.17. The quantitative estimate of drug-likeness (QED) is 0.917. The van der Waals surface area contributed by atoms with Gasteiger partial charge in [-0.3, -0.25) is 0 Å². The lowest BCUT2D eigenvalue weighted by molar-refractivity contribution is 0.0665. The van der Waals surface area contributed by atoms with Gasteiger partial charge in [0, 0.05) is 10.6 Å². The molecule has 1 aromatic carbocycles. The van der Waals surface area contributed by atoms with E-state index < -0.39 is 6.04 Å². The number of aromatic nitrogens is 2. The third-order valence-electron chi connectivity index (χ3n) is 2.67. The number of rotatable bonds is 5. The lowest BCUT2D eigenvalue weighted by Gasteiger charge is -2.10. The third kappa shape index (κ3) is 3.79. The van der Waals surface area contributed by atoms with Gasteiger partial charge in [-0.25, -0.2) is 0 Å². The van der Waals surface area contributed by atoms with Crippen molar-refractivity contribution in [3.63, 3.8) is 0 Å². The predicted octanol–water partition coefficient (Wildman–Crippen LogP) is 3.12. The maximum Gasteiger partial charge on any atom is 0.258 e. The van der Waals surface area contributed by atoms with Crippen molar-refractivity contribution in [2.24, 2.45) is 5.73 Å². The summed E-state index contributed by atoms with van der Waals surface area (Å²) < 4.78 is 10.7. The molecule has 1 aromatic heterocycles. The van der Waals surface area contributed by atoms with Crippen LogP contribution in [-0.4, -0.2) is 22.9 Å². The van der Waals surface area contributed by atoms with Gasteiger partial charge in [0.1, 0.15) is 0 Å². The molecule has 0 saturated carbocycles. The van der Waals surface area contributed by atoms with E-state index in [1.165, 1.54) is 0 Å². The molecule has 2 aromatic rings. The van der Waals surface area contributed by atoms with Crippen LogP contribution in [0.25, 0.3) is 11.5 Å². The van der Waals surface area contributed by atoms with Crippen LogP contribution in [0.15, 0.2) is 22.7 Å². The lowest BCUT2D eigenvalue weighted by Crippen LogP contribution is -2.20. The van der Waals surface area contributed by atoms with Crippen LogP contribution in [0.5, 0.6) is 0 Å². The number of nitrogens with zero attached hydrogens (tertiary/aromatic N) is 2. The Labute approximate surface area is 123 Å². The first-order chi connectivity index (χ1) is 9.45. The van der Waals surface area contributed by atoms with Gasteiger partial charge < -0.3 is 15.0 Å². The fourth-order valence-corrected chi connectivity index (χ4v) is 2.02. The molecule has 20 heavy (non-hydrogen) atoms. The second-order valence-corrected chi connectivity index (χ2v) is 5.40. The van der Waals surface area contributed by atoms with E-state index in [4.69, 9.17) is 26.6 Å². The Morgan fingerprint density at radius 2 is 2.10 bits per heavy atom. The molecule has 6 heteroatoms. The van der Waals surface area contributed by atoms with Crippen LogP contribution in [0.4, 0.5) is 0 Å². The zero-order valence-corrected chi connectivity index (χ0v) is 12.5. The number of aryl methyl sites for hydroxylation is 1. The van der Waals surface area contributed by atoms with Crippen LogP contribution < -0.4 is 5.73 Å². The molecule has 0 fully saturated rings. The zero-order chi connectivity index (χ0) is 14.7. The number of hydrogen-bond donors (Lipinski definition) is 1. The molecule has 0 radical (unpaired) electrons. The molecule has 0 aliphatic heterocycles. The Kier molecular flexibility index (Phi) is 4.75. The van der Waals surface area contributed by atoms with E-state index in [1.807, 2.05) is 32.9 Å². The highest BCUT2D eigenvalue weighted by molar-refractivity contribution is 6.30. The summed E-state index contributed by atoms with van der Waals surface area (Å²) in [7, 11) is 0. The maximum atomic E-state index is 6.02. The van der Waals surface area contributed by atoms with Gasteiger partial charge >= 0.3 is 0 Å². The summed E-state index contributed by atoms with van der Waals surface area (Å²) >= 11 is 6.02. The summed E-state index contributed by atoms with van der Waals surface area (Å²) in [6.07, 6.45) is 0.114. The van der Waals surface area contributed by atoms with E-state index in [-0.39, 0.29) is 6.10 Å². The van der Waals surface area contributed by atoms with Gasteiger partial charge in [0.05, 0.1) is 18.8 Å². The van der Waals surface area contributed by atoms with Crippen LogP contribution in [-0.2, 0) is 4.74 Å². The average molecular weight is 296 g/mol. The van der Waals surface area contributed by atoms with Crippen LogP contribution in [0.2, 0.25) is 5.02 Å². The molecule has 0 aliphatic rings. The van der Waals surface area contributed by atoms with Crippen molar-refractivity contribution in [3.8, 4) is 11.5 Å². The molecule has 2 rings (SSSR count). The molecule has 5 nitrogen and oxygen atoms in total. The van der Waals surface area contributed by atoms with Gasteiger partial charge in [0.2, 0.25) is 0 Å². The standard InChI is InChI=1S/C14H18ClN3O2/c1-8(2)19-7-12(16)13-17-14(20-18-13)10-4-9(3)5-11(15)6-10/h4-6,8,12H,7,16H2,1-3H3. The number of ether oxygens (including phenoxy) is 1. The Balaban J connectivity index is 2.15. The van der Waals surface area contributed by atoms with Gasteiger partial charge in [-0.2, -0.15) is 4.98 Å². The van der Waals surface area contributed by atoms with Gasteiger partial charge in [-0.05, 0) is 44.5 Å². The minimum atomic E-state index is -0.407. The van der Waals surface area contributed by atoms with E-state index >= 15 is 0 Å². The minimum Gasteiger partial charge on any atom is -0.377 e. The monoisotopic (exact) mass is 295 g/mol.